The summed E-state index contributed by atoms with van der Waals surface area (Å²) >= 11 is 0. The molecular weight excluding hydrogens is 252 g/mol. The van der Waals surface area contributed by atoms with Gasteiger partial charge in [0.2, 0.25) is 6.04 Å². The number of nitro groups is 1. The van der Waals surface area contributed by atoms with Crippen LogP contribution in [0.2, 0.25) is 0 Å². The highest BCUT2D eigenvalue weighted by Crippen LogP contribution is 2.24. The van der Waals surface area contributed by atoms with Gasteiger partial charge in [-0.2, -0.15) is 0 Å². The van der Waals surface area contributed by atoms with Crippen LogP contribution in [-0.4, -0.2) is 17.0 Å². The van der Waals surface area contributed by atoms with E-state index >= 15 is 0 Å². The number of anilines is 1. The molecule has 20 heavy (non-hydrogen) atoms. The van der Waals surface area contributed by atoms with Crippen molar-refractivity contribution in [3.05, 3.63) is 39.9 Å². The number of rotatable bonds is 6. The van der Waals surface area contributed by atoms with Gasteiger partial charge in [-0.3, -0.25) is 10.1 Å². The molecule has 0 radical (unpaired) electrons. The SMILES string of the molecule is CCCCc1ccc(N[C@@H]2CCCC[C@H]2[N+](=O)[O-])cc1. The topological polar surface area (TPSA) is 55.2 Å². The number of unbranched alkanes of at least 4 members (excludes halogenated alkanes) is 1. The molecule has 0 amide bonds. The minimum atomic E-state index is -0.441. The third kappa shape index (κ3) is 3.95. The molecule has 0 unspecified atom stereocenters. The Labute approximate surface area is 120 Å². The highest BCUT2D eigenvalue weighted by molar-refractivity contribution is 5.45. The molecule has 0 spiro atoms. The molecule has 0 heterocycles. The molecule has 2 atom stereocenters. The maximum atomic E-state index is 11.1. The molecule has 0 bridgehead atoms. The molecule has 0 aromatic heterocycles. The summed E-state index contributed by atoms with van der Waals surface area (Å²) in [6.07, 6.45) is 7.15. The van der Waals surface area contributed by atoms with Gasteiger partial charge in [-0.05, 0) is 43.4 Å². The van der Waals surface area contributed by atoms with Crippen molar-refractivity contribution >= 4 is 5.69 Å². The summed E-state index contributed by atoms with van der Waals surface area (Å²) in [5.41, 5.74) is 2.34. The lowest BCUT2D eigenvalue weighted by atomic mass is 9.90. The standard InChI is InChI=1S/C16H24N2O2/c1-2-3-6-13-9-11-14(12-10-13)17-15-7-4-5-8-16(15)18(19)20/h9-12,15-17H,2-8H2,1H3/t15-,16-/m1/s1. The molecule has 1 saturated carbocycles. The first kappa shape index (κ1) is 14.8. The Morgan fingerprint density at radius 3 is 2.60 bits per heavy atom. The van der Waals surface area contributed by atoms with E-state index in [1.165, 1.54) is 18.4 Å². The number of aryl methyl sites for hydroxylation is 1. The minimum absolute atomic E-state index is 0.0276. The molecule has 4 heteroatoms. The van der Waals surface area contributed by atoms with Crippen LogP contribution < -0.4 is 5.32 Å². The van der Waals surface area contributed by atoms with E-state index in [0.717, 1.165) is 31.4 Å². The Kier molecular flexibility index (Phi) is 5.39. The van der Waals surface area contributed by atoms with Gasteiger partial charge in [-0.25, -0.2) is 0 Å². The fraction of sp³-hybridized carbons (Fsp3) is 0.625. The van der Waals surface area contributed by atoms with E-state index in [9.17, 15) is 10.1 Å². The van der Waals surface area contributed by atoms with Gasteiger partial charge >= 0.3 is 0 Å². The summed E-state index contributed by atoms with van der Waals surface area (Å²) < 4.78 is 0. The lowest BCUT2D eigenvalue weighted by molar-refractivity contribution is -0.527. The van der Waals surface area contributed by atoms with Crippen LogP contribution >= 0.6 is 0 Å². The fourth-order valence-electron chi connectivity index (χ4n) is 2.89. The Bertz CT molecular complexity index is 431. The number of nitrogens with zero attached hydrogens (tertiary/aromatic N) is 1. The van der Waals surface area contributed by atoms with Crippen molar-refractivity contribution < 1.29 is 4.92 Å². The predicted molar refractivity (Wildman–Crippen MR) is 81.7 cm³/mol. The molecule has 110 valence electrons. The third-order valence-corrected chi connectivity index (χ3v) is 4.13. The van der Waals surface area contributed by atoms with E-state index in [1.54, 1.807) is 0 Å². The van der Waals surface area contributed by atoms with Gasteiger partial charge in [0.25, 0.3) is 0 Å². The Hall–Kier alpha value is -1.58. The Morgan fingerprint density at radius 1 is 1.25 bits per heavy atom. The first-order chi connectivity index (χ1) is 9.70. The second-order valence-electron chi connectivity index (χ2n) is 5.69. The summed E-state index contributed by atoms with van der Waals surface area (Å²) in [5.74, 6) is 0. The highest BCUT2D eigenvalue weighted by Gasteiger charge is 2.33. The zero-order valence-corrected chi connectivity index (χ0v) is 12.2. The van der Waals surface area contributed by atoms with Crippen LogP contribution in [0.4, 0.5) is 5.69 Å². The summed E-state index contributed by atoms with van der Waals surface area (Å²) in [4.78, 5) is 11.0. The molecule has 0 saturated heterocycles. The third-order valence-electron chi connectivity index (χ3n) is 4.13. The van der Waals surface area contributed by atoms with Crippen LogP contribution in [0.1, 0.15) is 51.0 Å². The van der Waals surface area contributed by atoms with Crippen LogP contribution in [0.5, 0.6) is 0 Å². The molecule has 1 N–H and O–H groups in total. The van der Waals surface area contributed by atoms with Gasteiger partial charge in [-0.15, -0.1) is 0 Å². The summed E-state index contributed by atoms with van der Waals surface area (Å²) in [6, 6.07) is 7.89. The van der Waals surface area contributed by atoms with Crippen LogP contribution in [0.3, 0.4) is 0 Å². The van der Waals surface area contributed by atoms with E-state index in [1.807, 2.05) is 0 Å². The average molecular weight is 276 g/mol. The zero-order valence-electron chi connectivity index (χ0n) is 12.2. The van der Waals surface area contributed by atoms with Crippen molar-refractivity contribution in [1.82, 2.24) is 0 Å². The monoisotopic (exact) mass is 276 g/mol. The van der Waals surface area contributed by atoms with Gasteiger partial charge in [-0.1, -0.05) is 31.9 Å². The van der Waals surface area contributed by atoms with Crippen LogP contribution in [0.25, 0.3) is 0 Å². The lowest BCUT2D eigenvalue weighted by Gasteiger charge is -2.27. The first-order valence-corrected chi connectivity index (χ1v) is 7.69. The van der Waals surface area contributed by atoms with Gasteiger partial charge in [0.15, 0.2) is 0 Å². The molecule has 1 aliphatic rings. The van der Waals surface area contributed by atoms with Crippen molar-refractivity contribution in [3.63, 3.8) is 0 Å². The summed E-state index contributed by atoms with van der Waals surface area (Å²) in [5, 5.41) is 14.4. The van der Waals surface area contributed by atoms with Gasteiger partial charge in [0.1, 0.15) is 0 Å². The van der Waals surface area contributed by atoms with Crippen molar-refractivity contribution in [3.8, 4) is 0 Å². The van der Waals surface area contributed by atoms with E-state index in [0.29, 0.717) is 6.42 Å². The van der Waals surface area contributed by atoms with Crippen LogP contribution in [0, 0.1) is 10.1 Å². The largest absolute Gasteiger partial charge is 0.376 e. The van der Waals surface area contributed by atoms with Crippen molar-refractivity contribution in [2.24, 2.45) is 0 Å². The second kappa shape index (κ2) is 7.27. The number of nitrogens with one attached hydrogen (secondary N) is 1. The second-order valence-corrected chi connectivity index (χ2v) is 5.69. The molecule has 0 aliphatic heterocycles. The Balaban J connectivity index is 1.96. The lowest BCUT2D eigenvalue weighted by Crippen LogP contribution is -2.41. The molecular formula is C16H24N2O2. The van der Waals surface area contributed by atoms with Gasteiger partial charge < -0.3 is 5.32 Å². The quantitative estimate of drug-likeness (QED) is 0.630. The zero-order chi connectivity index (χ0) is 14.4. The van der Waals surface area contributed by atoms with E-state index in [2.05, 4.69) is 36.5 Å². The van der Waals surface area contributed by atoms with Gasteiger partial charge in [0, 0.05) is 17.0 Å². The fourth-order valence-corrected chi connectivity index (χ4v) is 2.89. The first-order valence-electron chi connectivity index (χ1n) is 7.69. The van der Waals surface area contributed by atoms with Crippen molar-refractivity contribution in [1.29, 1.82) is 0 Å². The average Bonchev–Trinajstić information content (AvgIpc) is 2.47. The van der Waals surface area contributed by atoms with Crippen molar-refractivity contribution in [2.75, 3.05) is 5.32 Å². The van der Waals surface area contributed by atoms with E-state index < -0.39 is 6.04 Å². The van der Waals surface area contributed by atoms with Crippen LogP contribution in [-0.2, 0) is 6.42 Å². The van der Waals surface area contributed by atoms with Crippen molar-refractivity contribution in [2.45, 2.75) is 64.0 Å². The van der Waals surface area contributed by atoms with E-state index in [4.69, 9.17) is 0 Å². The molecule has 1 aromatic carbocycles. The minimum Gasteiger partial charge on any atom is -0.376 e. The van der Waals surface area contributed by atoms with Gasteiger partial charge in [0.05, 0.1) is 6.04 Å². The predicted octanol–water partition coefficient (Wildman–Crippen LogP) is 4.03. The Morgan fingerprint density at radius 2 is 1.95 bits per heavy atom. The molecule has 1 aliphatic carbocycles. The summed E-state index contributed by atoms with van der Waals surface area (Å²) in [6.45, 7) is 2.19. The highest BCUT2D eigenvalue weighted by atomic mass is 16.6. The molecule has 2 rings (SSSR count). The smallest absolute Gasteiger partial charge is 0.232 e. The summed E-state index contributed by atoms with van der Waals surface area (Å²) in [7, 11) is 0. The number of hydrogen-bond donors (Lipinski definition) is 1. The maximum Gasteiger partial charge on any atom is 0.232 e. The molecule has 4 nitrogen and oxygen atoms in total. The normalized spacial score (nSPS) is 22.4. The van der Waals surface area contributed by atoms with E-state index in [-0.39, 0.29) is 11.0 Å². The molecule has 1 aromatic rings. The van der Waals surface area contributed by atoms with Crippen LogP contribution in [0.15, 0.2) is 24.3 Å². The maximum absolute atomic E-state index is 11.1. The number of hydrogen-bond acceptors (Lipinski definition) is 3. The number of benzene rings is 1. The molecule has 1 fully saturated rings.